The molecule has 6 nitrogen and oxygen atoms in total. The lowest BCUT2D eigenvalue weighted by Gasteiger charge is -2.20. The second-order valence-electron chi connectivity index (χ2n) is 4.59. The van der Waals surface area contributed by atoms with Crippen LogP contribution in [0.3, 0.4) is 0 Å². The number of halogens is 1. The average Bonchev–Trinajstić information content (AvgIpc) is 2.85. The molecule has 1 fully saturated rings. The third-order valence-corrected chi connectivity index (χ3v) is 4.67. The minimum absolute atomic E-state index is 0.00334. The number of ether oxygens (including phenoxy) is 2. The van der Waals surface area contributed by atoms with Crippen LogP contribution in [-0.2, 0) is 9.59 Å². The second-order valence-corrected chi connectivity index (χ2v) is 6.40. The predicted octanol–water partition coefficient (Wildman–Crippen LogP) is 1.69. The van der Waals surface area contributed by atoms with Crippen LogP contribution >= 0.6 is 27.7 Å². The Morgan fingerprint density at radius 2 is 2.05 bits per heavy atom. The fraction of sp³-hybridized carbons (Fsp3) is 0.385. The maximum absolute atomic E-state index is 12.0. The molecule has 0 aromatic heterocycles. The summed E-state index contributed by atoms with van der Waals surface area (Å²) < 4.78 is 11.7. The van der Waals surface area contributed by atoms with Gasteiger partial charge in [0.2, 0.25) is 11.8 Å². The third kappa shape index (κ3) is 3.26. The molecule has 0 bridgehead atoms. The molecule has 1 N–H and O–H groups in total. The molecule has 1 aromatic carbocycles. The summed E-state index contributed by atoms with van der Waals surface area (Å²) in [6.07, 6.45) is 0. The van der Waals surface area contributed by atoms with Crippen molar-refractivity contribution in [1.82, 2.24) is 4.90 Å². The first kappa shape index (κ1) is 14.5. The standard InChI is InChI=1S/C13H13BrN2O4S/c14-8-3-10-11(20-2-1-19-10)4-9(8)15-12(17)5-16-7-21-6-13(16)18/h3-4H,1-2,5-7H2,(H,15,17). The van der Waals surface area contributed by atoms with Gasteiger partial charge in [-0.05, 0) is 15.9 Å². The van der Waals surface area contributed by atoms with Gasteiger partial charge in [-0.25, -0.2) is 0 Å². The Bertz CT molecular complexity index is 596. The lowest BCUT2D eigenvalue weighted by atomic mass is 10.2. The van der Waals surface area contributed by atoms with Crippen LogP contribution in [0.1, 0.15) is 0 Å². The number of rotatable bonds is 3. The molecule has 21 heavy (non-hydrogen) atoms. The minimum atomic E-state index is -0.233. The van der Waals surface area contributed by atoms with Crippen molar-refractivity contribution in [3.8, 4) is 11.5 Å². The molecule has 2 aliphatic rings. The van der Waals surface area contributed by atoms with E-state index < -0.39 is 0 Å². The maximum atomic E-state index is 12.0. The highest BCUT2D eigenvalue weighted by atomic mass is 79.9. The van der Waals surface area contributed by atoms with Crippen molar-refractivity contribution in [1.29, 1.82) is 0 Å². The molecule has 2 heterocycles. The molecule has 0 atom stereocenters. The summed E-state index contributed by atoms with van der Waals surface area (Å²) in [5.74, 6) is 2.03. The zero-order chi connectivity index (χ0) is 14.8. The first-order valence-electron chi connectivity index (χ1n) is 6.38. The molecule has 2 aliphatic heterocycles. The first-order chi connectivity index (χ1) is 10.1. The van der Waals surface area contributed by atoms with Crippen molar-refractivity contribution < 1.29 is 19.1 Å². The molecule has 112 valence electrons. The summed E-state index contributed by atoms with van der Waals surface area (Å²) in [7, 11) is 0. The number of amides is 2. The van der Waals surface area contributed by atoms with Crippen LogP contribution in [0.15, 0.2) is 16.6 Å². The molecular formula is C13H13BrN2O4S. The monoisotopic (exact) mass is 372 g/mol. The number of anilines is 1. The van der Waals surface area contributed by atoms with Crippen LogP contribution in [0, 0.1) is 0 Å². The molecule has 2 amide bonds. The highest BCUT2D eigenvalue weighted by Gasteiger charge is 2.23. The Kier molecular flexibility index (Phi) is 4.25. The van der Waals surface area contributed by atoms with Gasteiger partial charge in [-0.3, -0.25) is 9.59 Å². The molecule has 8 heteroatoms. The van der Waals surface area contributed by atoms with Crippen LogP contribution in [0.25, 0.3) is 0 Å². The molecule has 1 saturated heterocycles. The maximum Gasteiger partial charge on any atom is 0.244 e. The SMILES string of the molecule is O=C(CN1CSCC1=O)Nc1cc2c(cc1Br)OCCO2. The quantitative estimate of drug-likeness (QED) is 0.874. The van der Waals surface area contributed by atoms with E-state index in [1.54, 1.807) is 12.1 Å². The van der Waals surface area contributed by atoms with Crippen LogP contribution in [-0.4, -0.2) is 48.1 Å². The summed E-state index contributed by atoms with van der Waals surface area (Å²) in [5.41, 5.74) is 0.601. The number of fused-ring (bicyclic) bond motifs is 1. The Hall–Kier alpha value is -1.41. The van der Waals surface area contributed by atoms with Crippen LogP contribution in [0.5, 0.6) is 11.5 Å². The van der Waals surface area contributed by atoms with Gasteiger partial charge in [0.1, 0.15) is 19.8 Å². The van der Waals surface area contributed by atoms with E-state index in [1.165, 1.54) is 16.7 Å². The Morgan fingerprint density at radius 3 is 2.71 bits per heavy atom. The fourth-order valence-electron chi connectivity index (χ4n) is 2.06. The molecule has 1 aromatic rings. The molecule has 0 unspecified atom stereocenters. The van der Waals surface area contributed by atoms with Crippen molar-refractivity contribution in [3.05, 3.63) is 16.6 Å². The van der Waals surface area contributed by atoms with E-state index in [0.29, 0.717) is 46.5 Å². The molecule has 0 saturated carbocycles. The topological polar surface area (TPSA) is 67.9 Å². The van der Waals surface area contributed by atoms with Crippen molar-refractivity contribution in [2.24, 2.45) is 0 Å². The van der Waals surface area contributed by atoms with E-state index >= 15 is 0 Å². The molecule has 0 aliphatic carbocycles. The number of hydrogen-bond acceptors (Lipinski definition) is 5. The van der Waals surface area contributed by atoms with Crippen molar-refractivity contribution in [2.75, 3.05) is 36.7 Å². The van der Waals surface area contributed by atoms with E-state index in [0.717, 1.165) is 0 Å². The van der Waals surface area contributed by atoms with E-state index in [2.05, 4.69) is 21.2 Å². The molecular weight excluding hydrogens is 360 g/mol. The largest absolute Gasteiger partial charge is 0.486 e. The molecule has 0 radical (unpaired) electrons. The zero-order valence-corrected chi connectivity index (χ0v) is 13.5. The van der Waals surface area contributed by atoms with Crippen LogP contribution < -0.4 is 14.8 Å². The molecule has 0 spiro atoms. The van der Waals surface area contributed by atoms with Gasteiger partial charge in [0.05, 0.1) is 17.3 Å². The van der Waals surface area contributed by atoms with E-state index in [9.17, 15) is 9.59 Å². The first-order valence-corrected chi connectivity index (χ1v) is 8.33. The third-order valence-electron chi connectivity index (χ3n) is 3.07. The highest BCUT2D eigenvalue weighted by molar-refractivity contribution is 9.10. The van der Waals surface area contributed by atoms with Gasteiger partial charge in [0.15, 0.2) is 11.5 Å². The van der Waals surface area contributed by atoms with E-state index in [4.69, 9.17) is 9.47 Å². The van der Waals surface area contributed by atoms with Gasteiger partial charge in [0.25, 0.3) is 0 Å². The summed E-state index contributed by atoms with van der Waals surface area (Å²) in [5, 5.41) is 2.78. The smallest absolute Gasteiger partial charge is 0.244 e. The highest BCUT2D eigenvalue weighted by Crippen LogP contribution is 2.38. The van der Waals surface area contributed by atoms with Crippen molar-refractivity contribution >= 4 is 45.2 Å². The summed E-state index contributed by atoms with van der Waals surface area (Å²) in [6, 6.07) is 3.48. The number of nitrogens with one attached hydrogen (secondary N) is 1. The Balaban J connectivity index is 1.69. The van der Waals surface area contributed by atoms with Gasteiger partial charge in [-0.1, -0.05) is 0 Å². The number of nitrogens with zero attached hydrogens (tertiary/aromatic N) is 1. The van der Waals surface area contributed by atoms with Gasteiger partial charge in [-0.2, -0.15) is 0 Å². The number of thioether (sulfide) groups is 1. The fourth-order valence-corrected chi connectivity index (χ4v) is 3.39. The second kappa shape index (κ2) is 6.15. The normalized spacial score (nSPS) is 17.0. The van der Waals surface area contributed by atoms with Gasteiger partial charge >= 0.3 is 0 Å². The van der Waals surface area contributed by atoms with Crippen LogP contribution in [0.2, 0.25) is 0 Å². The Morgan fingerprint density at radius 1 is 1.33 bits per heavy atom. The number of benzene rings is 1. The zero-order valence-electron chi connectivity index (χ0n) is 11.1. The van der Waals surface area contributed by atoms with Gasteiger partial charge in [-0.15, -0.1) is 11.8 Å². The lowest BCUT2D eigenvalue weighted by molar-refractivity contribution is -0.130. The van der Waals surface area contributed by atoms with Crippen molar-refractivity contribution in [3.63, 3.8) is 0 Å². The summed E-state index contributed by atoms with van der Waals surface area (Å²) >= 11 is 4.90. The predicted molar refractivity (Wildman–Crippen MR) is 82.8 cm³/mol. The summed E-state index contributed by atoms with van der Waals surface area (Å²) in [6.45, 7) is 1.06. The number of hydrogen-bond donors (Lipinski definition) is 1. The molecule has 3 rings (SSSR count). The number of carbonyl (C=O) groups excluding carboxylic acids is 2. The van der Waals surface area contributed by atoms with E-state index in [-0.39, 0.29) is 18.4 Å². The van der Waals surface area contributed by atoms with Gasteiger partial charge in [0, 0.05) is 16.6 Å². The Labute approximate surface area is 134 Å². The van der Waals surface area contributed by atoms with Crippen LogP contribution in [0.4, 0.5) is 5.69 Å². The summed E-state index contributed by atoms with van der Waals surface area (Å²) in [4.78, 5) is 25.1. The average molecular weight is 373 g/mol. The number of carbonyl (C=O) groups is 2. The minimum Gasteiger partial charge on any atom is -0.486 e. The van der Waals surface area contributed by atoms with E-state index in [1.807, 2.05) is 0 Å². The van der Waals surface area contributed by atoms with Crippen molar-refractivity contribution in [2.45, 2.75) is 0 Å². The van der Waals surface area contributed by atoms with Gasteiger partial charge < -0.3 is 19.7 Å². The lowest BCUT2D eigenvalue weighted by Crippen LogP contribution is -2.34.